The molecule has 0 heterocycles. The first-order valence-electron chi connectivity index (χ1n) is 4.63. The van der Waals surface area contributed by atoms with E-state index >= 15 is 0 Å². The third-order valence-electron chi connectivity index (χ3n) is 2.45. The standard InChI is InChI=1S/C10H11FO3S/c1-15(12,13)14-10-6-5-7-8(10)3-2-4-9(7)11/h2-4,10H,5-6H2,1H3. The molecule has 1 aromatic carbocycles. The Labute approximate surface area is 88.0 Å². The van der Waals surface area contributed by atoms with Crippen molar-refractivity contribution < 1.29 is 17.0 Å². The van der Waals surface area contributed by atoms with E-state index < -0.39 is 16.2 Å². The molecule has 1 aromatic rings. The second-order valence-corrected chi connectivity index (χ2v) is 5.24. The van der Waals surface area contributed by atoms with Crippen molar-refractivity contribution in [1.29, 1.82) is 0 Å². The molecule has 0 saturated heterocycles. The SMILES string of the molecule is CS(=O)(=O)OC1CCc2c(F)cccc21. The average Bonchev–Trinajstić information content (AvgIpc) is 2.48. The van der Waals surface area contributed by atoms with Crippen LogP contribution in [0, 0.1) is 5.82 Å². The Morgan fingerprint density at radius 3 is 2.87 bits per heavy atom. The van der Waals surface area contributed by atoms with E-state index in [0.717, 1.165) is 6.26 Å². The molecule has 0 saturated carbocycles. The van der Waals surface area contributed by atoms with Crippen LogP contribution in [0.3, 0.4) is 0 Å². The number of benzene rings is 1. The van der Waals surface area contributed by atoms with Crippen LogP contribution in [0.25, 0.3) is 0 Å². The van der Waals surface area contributed by atoms with Gasteiger partial charge in [0.1, 0.15) is 11.9 Å². The van der Waals surface area contributed by atoms with Gasteiger partial charge < -0.3 is 0 Å². The summed E-state index contributed by atoms with van der Waals surface area (Å²) in [5, 5.41) is 0. The highest BCUT2D eigenvalue weighted by Crippen LogP contribution is 2.35. The number of hydrogen-bond acceptors (Lipinski definition) is 3. The molecular weight excluding hydrogens is 219 g/mol. The van der Waals surface area contributed by atoms with E-state index in [9.17, 15) is 12.8 Å². The lowest BCUT2D eigenvalue weighted by atomic mass is 10.1. The summed E-state index contributed by atoms with van der Waals surface area (Å²) < 4.78 is 40.1. The summed E-state index contributed by atoms with van der Waals surface area (Å²) in [5.41, 5.74) is 1.23. The molecule has 1 aliphatic carbocycles. The summed E-state index contributed by atoms with van der Waals surface area (Å²) >= 11 is 0. The number of halogens is 1. The van der Waals surface area contributed by atoms with Gasteiger partial charge in [0.25, 0.3) is 10.1 Å². The summed E-state index contributed by atoms with van der Waals surface area (Å²) in [6.07, 6.45) is 1.53. The lowest BCUT2D eigenvalue weighted by Crippen LogP contribution is -2.07. The van der Waals surface area contributed by atoms with E-state index in [1.807, 2.05) is 0 Å². The molecule has 5 heteroatoms. The molecule has 0 fully saturated rings. The van der Waals surface area contributed by atoms with Crippen LogP contribution in [-0.4, -0.2) is 14.7 Å². The topological polar surface area (TPSA) is 43.4 Å². The highest BCUT2D eigenvalue weighted by atomic mass is 32.2. The Bertz CT molecular complexity index is 481. The van der Waals surface area contributed by atoms with Crippen molar-refractivity contribution in [2.75, 3.05) is 6.26 Å². The zero-order chi connectivity index (χ0) is 11.1. The van der Waals surface area contributed by atoms with Crippen molar-refractivity contribution in [2.45, 2.75) is 18.9 Å². The Kier molecular flexibility index (Phi) is 2.52. The lowest BCUT2D eigenvalue weighted by Gasteiger charge is -2.10. The zero-order valence-electron chi connectivity index (χ0n) is 8.23. The van der Waals surface area contributed by atoms with Gasteiger partial charge in [-0.3, -0.25) is 4.18 Å². The van der Waals surface area contributed by atoms with Crippen LogP contribution >= 0.6 is 0 Å². The quantitative estimate of drug-likeness (QED) is 0.727. The first-order valence-corrected chi connectivity index (χ1v) is 6.44. The fourth-order valence-corrected chi connectivity index (χ4v) is 2.50. The summed E-state index contributed by atoms with van der Waals surface area (Å²) in [6.45, 7) is 0. The van der Waals surface area contributed by atoms with Gasteiger partial charge in [-0.25, -0.2) is 4.39 Å². The van der Waals surface area contributed by atoms with Crippen LogP contribution in [-0.2, 0) is 20.7 Å². The van der Waals surface area contributed by atoms with Gasteiger partial charge in [-0.05, 0) is 30.0 Å². The minimum absolute atomic E-state index is 0.285. The molecule has 0 amide bonds. The Hall–Kier alpha value is -0.940. The average molecular weight is 230 g/mol. The minimum Gasteiger partial charge on any atom is -0.262 e. The van der Waals surface area contributed by atoms with Crippen molar-refractivity contribution in [3.05, 3.63) is 35.1 Å². The van der Waals surface area contributed by atoms with E-state index in [4.69, 9.17) is 4.18 Å². The first kappa shape index (κ1) is 10.6. The second-order valence-electron chi connectivity index (χ2n) is 3.64. The summed E-state index contributed by atoms with van der Waals surface area (Å²) in [7, 11) is -3.49. The molecule has 0 aromatic heterocycles. The van der Waals surface area contributed by atoms with E-state index in [1.54, 1.807) is 12.1 Å². The van der Waals surface area contributed by atoms with Crippen molar-refractivity contribution in [1.82, 2.24) is 0 Å². The highest BCUT2D eigenvalue weighted by molar-refractivity contribution is 7.86. The molecule has 0 bridgehead atoms. The molecule has 1 unspecified atom stereocenters. The van der Waals surface area contributed by atoms with Crippen LogP contribution in [0.15, 0.2) is 18.2 Å². The molecule has 82 valence electrons. The summed E-state index contributed by atoms with van der Waals surface area (Å²) in [6, 6.07) is 4.65. The smallest absolute Gasteiger partial charge is 0.262 e. The van der Waals surface area contributed by atoms with Crippen LogP contribution in [0.1, 0.15) is 23.7 Å². The van der Waals surface area contributed by atoms with Crippen LogP contribution in [0.4, 0.5) is 4.39 Å². The van der Waals surface area contributed by atoms with Crippen LogP contribution in [0.5, 0.6) is 0 Å². The van der Waals surface area contributed by atoms with Crippen LogP contribution < -0.4 is 0 Å². The van der Waals surface area contributed by atoms with Gasteiger partial charge in [-0.1, -0.05) is 12.1 Å². The minimum atomic E-state index is -3.49. The van der Waals surface area contributed by atoms with Crippen molar-refractivity contribution in [2.24, 2.45) is 0 Å². The molecule has 1 atom stereocenters. The maximum atomic E-state index is 13.3. The largest absolute Gasteiger partial charge is 0.264 e. The maximum absolute atomic E-state index is 13.3. The summed E-state index contributed by atoms with van der Waals surface area (Å²) in [4.78, 5) is 0. The molecule has 0 aliphatic heterocycles. The molecular formula is C10H11FO3S. The first-order chi connectivity index (χ1) is 6.97. The second kappa shape index (κ2) is 3.57. The lowest BCUT2D eigenvalue weighted by molar-refractivity contribution is 0.217. The molecule has 2 rings (SSSR count). The zero-order valence-corrected chi connectivity index (χ0v) is 9.05. The van der Waals surface area contributed by atoms with Crippen molar-refractivity contribution >= 4 is 10.1 Å². The fourth-order valence-electron chi connectivity index (χ4n) is 1.88. The molecule has 15 heavy (non-hydrogen) atoms. The van der Waals surface area contributed by atoms with E-state index in [-0.39, 0.29) is 5.82 Å². The summed E-state index contributed by atoms with van der Waals surface area (Å²) in [5.74, 6) is -0.285. The van der Waals surface area contributed by atoms with E-state index in [1.165, 1.54) is 6.07 Å². The van der Waals surface area contributed by atoms with Gasteiger partial charge in [0.15, 0.2) is 0 Å². The van der Waals surface area contributed by atoms with Gasteiger partial charge in [0, 0.05) is 0 Å². The Morgan fingerprint density at radius 2 is 2.20 bits per heavy atom. The normalized spacial score (nSPS) is 20.3. The maximum Gasteiger partial charge on any atom is 0.264 e. The number of rotatable bonds is 2. The molecule has 3 nitrogen and oxygen atoms in total. The fraction of sp³-hybridized carbons (Fsp3) is 0.400. The molecule has 0 N–H and O–H groups in total. The molecule has 1 aliphatic rings. The van der Waals surface area contributed by atoms with Crippen molar-refractivity contribution in [3.63, 3.8) is 0 Å². The monoisotopic (exact) mass is 230 g/mol. The predicted molar refractivity (Wildman–Crippen MR) is 53.4 cm³/mol. The van der Waals surface area contributed by atoms with Gasteiger partial charge in [0.2, 0.25) is 0 Å². The van der Waals surface area contributed by atoms with E-state index in [2.05, 4.69) is 0 Å². The van der Waals surface area contributed by atoms with Gasteiger partial charge in [-0.2, -0.15) is 8.42 Å². The molecule has 0 radical (unpaired) electrons. The highest BCUT2D eigenvalue weighted by Gasteiger charge is 2.28. The van der Waals surface area contributed by atoms with Crippen molar-refractivity contribution in [3.8, 4) is 0 Å². The third-order valence-corrected chi connectivity index (χ3v) is 3.03. The van der Waals surface area contributed by atoms with Gasteiger partial charge in [-0.15, -0.1) is 0 Å². The van der Waals surface area contributed by atoms with Gasteiger partial charge in [0.05, 0.1) is 6.26 Å². The van der Waals surface area contributed by atoms with Gasteiger partial charge >= 0.3 is 0 Å². The van der Waals surface area contributed by atoms with E-state index in [0.29, 0.717) is 24.0 Å². The predicted octanol–water partition coefficient (Wildman–Crippen LogP) is 1.79. The Morgan fingerprint density at radius 1 is 1.47 bits per heavy atom. The number of fused-ring (bicyclic) bond motifs is 1. The third kappa shape index (κ3) is 2.18. The Balaban J connectivity index is 2.33. The number of hydrogen-bond donors (Lipinski definition) is 0. The molecule has 0 spiro atoms. The van der Waals surface area contributed by atoms with Crippen LogP contribution in [0.2, 0.25) is 0 Å².